The molecule has 0 heterocycles. The summed E-state index contributed by atoms with van der Waals surface area (Å²) in [6, 6.07) is 7.81. The van der Waals surface area contributed by atoms with Gasteiger partial charge in [0.15, 0.2) is 0 Å². The SMILES string of the molecule is COc1cc(Nc2cc(F)ccc2N)c(Br)cc1Br. The molecule has 0 aliphatic heterocycles. The topological polar surface area (TPSA) is 47.3 Å². The Balaban J connectivity index is 2.40. The van der Waals surface area contributed by atoms with Gasteiger partial charge < -0.3 is 15.8 Å². The van der Waals surface area contributed by atoms with Crippen LogP contribution >= 0.6 is 31.9 Å². The van der Waals surface area contributed by atoms with Crippen LogP contribution in [0.15, 0.2) is 39.3 Å². The average Bonchev–Trinajstić information content (AvgIpc) is 2.37. The minimum atomic E-state index is -0.350. The molecule has 3 nitrogen and oxygen atoms in total. The van der Waals surface area contributed by atoms with Crippen molar-refractivity contribution in [2.24, 2.45) is 0 Å². The van der Waals surface area contributed by atoms with E-state index in [0.29, 0.717) is 17.1 Å². The summed E-state index contributed by atoms with van der Waals surface area (Å²) in [6.45, 7) is 0. The fourth-order valence-electron chi connectivity index (χ4n) is 1.56. The van der Waals surface area contributed by atoms with E-state index in [-0.39, 0.29) is 5.82 Å². The first kappa shape index (κ1) is 14.1. The third-order valence-corrected chi connectivity index (χ3v) is 3.80. The second-order valence-electron chi connectivity index (χ2n) is 3.82. The highest BCUT2D eigenvalue weighted by Crippen LogP contribution is 2.36. The molecule has 0 aliphatic carbocycles. The van der Waals surface area contributed by atoms with Gasteiger partial charge in [0, 0.05) is 10.5 Å². The van der Waals surface area contributed by atoms with Crippen LogP contribution in [-0.2, 0) is 0 Å². The zero-order chi connectivity index (χ0) is 14.0. The second kappa shape index (κ2) is 5.79. The molecule has 0 atom stereocenters. The highest BCUT2D eigenvalue weighted by atomic mass is 79.9. The number of benzene rings is 2. The number of nitrogens with two attached hydrogens (primary N) is 1. The van der Waals surface area contributed by atoms with E-state index >= 15 is 0 Å². The fourth-order valence-corrected chi connectivity index (χ4v) is 2.82. The molecule has 0 bridgehead atoms. The molecule has 0 spiro atoms. The Morgan fingerprint density at radius 3 is 2.53 bits per heavy atom. The minimum absolute atomic E-state index is 0.350. The first-order valence-corrected chi connectivity index (χ1v) is 6.95. The van der Waals surface area contributed by atoms with Gasteiger partial charge in [0.2, 0.25) is 0 Å². The zero-order valence-electron chi connectivity index (χ0n) is 10.0. The van der Waals surface area contributed by atoms with Crippen molar-refractivity contribution in [3.05, 3.63) is 45.1 Å². The number of ether oxygens (including phenoxy) is 1. The smallest absolute Gasteiger partial charge is 0.135 e. The zero-order valence-corrected chi connectivity index (χ0v) is 13.2. The standard InChI is InChI=1S/C13H11Br2FN2O/c1-19-13-6-11(8(14)5-9(13)15)18-12-4-7(16)2-3-10(12)17/h2-6,18H,17H2,1H3. The van der Waals surface area contributed by atoms with Gasteiger partial charge in [-0.1, -0.05) is 0 Å². The predicted molar refractivity (Wildman–Crippen MR) is 82.5 cm³/mol. The van der Waals surface area contributed by atoms with E-state index in [4.69, 9.17) is 10.5 Å². The van der Waals surface area contributed by atoms with E-state index < -0.39 is 0 Å². The van der Waals surface area contributed by atoms with Crippen molar-refractivity contribution in [3.63, 3.8) is 0 Å². The quantitative estimate of drug-likeness (QED) is 0.749. The summed E-state index contributed by atoms with van der Waals surface area (Å²) in [5.41, 5.74) is 7.51. The van der Waals surface area contributed by atoms with Crippen LogP contribution in [0.2, 0.25) is 0 Å². The molecule has 0 fully saturated rings. The summed E-state index contributed by atoms with van der Waals surface area (Å²) < 4.78 is 20.1. The van der Waals surface area contributed by atoms with Crippen LogP contribution < -0.4 is 15.8 Å². The van der Waals surface area contributed by atoms with E-state index in [1.54, 1.807) is 13.2 Å². The average molecular weight is 390 g/mol. The molecule has 0 saturated heterocycles. The van der Waals surface area contributed by atoms with E-state index in [9.17, 15) is 4.39 Å². The normalized spacial score (nSPS) is 10.3. The van der Waals surface area contributed by atoms with Gasteiger partial charge in [-0.15, -0.1) is 0 Å². The van der Waals surface area contributed by atoms with Crippen molar-refractivity contribution >= 4 is 48.9 Å². The van der Waals surface area contributed by atoms with E-state index in [1.807, 2.05) is 6.07 Å². The molecule has 0 saturated carbocycles. The van der Waals surface area contributed by atoms with Gasteiger partial charge in [-0.3, -0.25) is 0 Å². The monoisotopic (exact) mass is 388 g/mol. The van der Waals surface area contributed by atoms with Crippen LogP contribution in [0, 0.1) is 5.82 Å². The minimum Gasteiger partial charge on any atom is -0.495 e. The molecule has 2 aromatic rings. The van der Waals surface area contributed by atoms with Crippen LogP contribution in [0.1, 0.15) is 0 Å². The van der Waals surface area contributed by atoms with Crippen molar-refractivity contribution in [1.29, 1.82) is 0 Å². The number of rotatable bonds is 3. The molecule has 2 aromatic carbocycles. The Labute approximate surface area is 127 Å². The Kier molecular flexibility index (Phi) is 4.31. The molecule has 3 N–H and O–H groups in total. The van der Waals surface area contributed by atoms with Crippen LogP contribution in [0.25, 0.3) is 0 Å². The van der Waals surface area contributed by atoms with Crippen molar-refractivity contribution in [2.75, 3.05) is 18.2 Å². The molecule has 0 aromatic heterocycles. The van der Waals surface area contributed by atoms with E-state index in [2.05, 4.69) is 37.2 Å². The summed E-state index contributed by atoms with van der Waals surface area (Å²) >= 11 is 6.81. The lowest BCUT2D eigenvalue weighted by atomic mass is 10.2. The van der Waals surface area contributed by atoms with Crippen molar-refractivity contribution in [2.45, 2.75) is 0 Å². The summed E-state index contributed by atoms with van der Waals surface area (Å²) in [4.78, 5) is 0. The maximum atomic E-state index is 13.2. The predicted octanol–water partition coefficient (Wildman–Crippen LogP) is 4.69. The van der Waals surface area contributed by atoms with Gasteiger partial charge in [-0.2, -0.15) is 0 Å². The van der Waals surface area contributed by atoms with Gasteiger partial charge in [0.05, 0.1) is 28.6 Å². The molecular formula is C13H11Br2FN2O. The van der Waals surface area contributed by atoms with Gasteiger partial charge in [0.25, 0.3) is 0 Å². The van der Waals surface area contributed by atoms with Gasteiger partial charge in [0.1, 0.15) is 11.6 Å². The van der Waals surface area contributed by atoms with E-state index in [0.717, 1.165) is 14.6 Å². The highest BCUT2D eigenvalue weighted by Gasteiger charge is 2.09. The van der Waals surface area contributed by atoms with Crippen LogP contribution in [0.5, 0.6) is 5.75 Å². The molecule has 2 rings (SSSR count). The van der Waals surface area contributed by atoms with Crippen LogP contribution in [0.3, 0.4) is 0 Å². The molecule has 100 valence electrons. The van der Waals surface area contributed by atoms with E-state index in [1.165, 1.54) is 18.2 Å². The second-order valence-corrected chi connectivity index (χ2v) is 5.53. The van der Waals surface area contributed by atoms with Gasteiger partial charge in [-0.05, 0) is 56.1 Å². The summed E-state index contributed by atoms with van der Waals surface area (Å²) in [5.74, 6) is 0.317. The van der Waals surface area contributed by atoms with Gasteiger partial charge in [-0.25, -0.2) is 4.39 Å². The van der Waals surface area contributed by atoms with Crippen molar-refractivity contribution in [1.82, 2.24) is 0 Å². The number of halogens is 3. The molecule has 0 radical (unpaired) electrons. The summed E-state index contributed by atoms with van der Waals surface area (Å²) in [6.07, 6.45) is 0. The molecule has 0 unspecified atom stereocenters. The number of hydrogen-bond acceptors (Lipinski definition) is 3. The third-order valence-electron chi connectivity index (χ3n) is 2.53. The summed E-state index contributed by atoms with van der Waals surface area (Å²) in [7, 11) is 1.58. The van der Waals surface area contributed by atoms with Crippen molar-refractivity contribution in [3.8, 4) is 5.75 Å². The molecule has 0 aliphatic rings. The maximum Gasteiger partial charge on any atom is 0.135 e. The van der Waals surface area contributed by atoms with Crippen molar-refractivity contribution < 1.29 is 9.13 Å². The van der Waals surface area contributed by atoms with Crippen LogP contribution in [-0.4, -0.2) is 7.11 Å². The number of anilines is 3. The largest absolute Gasteiger partial charge is 0.495 e. The Morgan fingerprint density at radius 1 is 1.11 bits per heavy atom. The number of nitrogen functional groups attached to an aromatic ring is 1. The Bertz CT molecular complexity index is 620. The molecule has 0 amide bonds. The first-order valence-electron chi connectivity index (χ1n) is 5.36. The summed E-state index contributed by atoms with van der Waals surface area (Å²) in [5, 5.41) is 3.07. The highest BCUT2D eigenvalue weighted by molar-refractivity contribution is 9.11. The number of methoxy groups -OCH3 is 1. The van der Waals surface area contributed by atoms with Gasteiger partial charge >= 0.3 is 0 Å². The molecule has 19 heavy (non-hydrogen) atoms. The van der Waals surface area contributed by atoms with Crippen LogP contribution in [0.4, 0.5) is 21.5 Å². The lowest BCUT2D eigenvalue weighted by Gasteiger charge is -2.13. The third kappa shape index (κ3) is 3.19. The lowest BCUT2D eigenvalue weighted by Crippen LogP contribution is -1.98. The Morgan fingerprint density at radius 2 is 1.84 bits per heavy atom. The molecular weight excluding hydrogens is 379 g/mol. The number of nitrogens with one attached hydrogen (secondary N) is 1. The Hall–Kier alpha value is -1.27. The lowest BCUT2D eigenvalue weighted by molar-refractivity contribution is 0.412. The fraction of sp³-hybridized carbons (Fsp3) is 0.0769. The molecule has 6 heteroatoms. The first-order chi connectivity index (χ1) is 9.01. The maximum absolute atomic E-state index is 13.2. The number of hydrogen-bond donors (Lipinski definition) is 2.